The first kappa shape index (κ1) is 19.4. The summed E-state index contributed by atoms with van der Waals surface area (Å²) in [5, 5.41) is 3.19. The molecule has 1 fully saturated rings. The Hall–Kier alpha value is -2.52. The molecule has 0 spiro atoms. The van der Waals surface area contributed by atoms with E-state index in [0.717, 1.165) is 34.8 Å². The number of imidazole rings is 1. The number of hydrogen-bond acceptors (Lipinski definition) is 8. The molecule has 1 atom stereocenters. The van der Waals surface area contributed by atoms with Crippen molar-refractivity contribution in [2.75, 3.05) is 49.9 Å². The van der Waals surface area contributed by atoms with Crippen molar-refractivity contribution in [3.63, 3.8) is 0 Å². The summed E-state index contributed by atoms with van der Waals surface area (Å²) < 4.78 is 13.6. The first-order chi connectivity index (χ1) is 14.5. The van der Waals surface area contributed by atoms with E-state index in [2.05, 4.69) is 30.3 Å². The third-order valence-electron chi connectivity index (χ3n) is 5.82. The van der Waals surface area contributed by atoms with Gasteiger partial charge in [0, 0.05) is 13.6 Å². The fourth-order valence-corrected chi connectivity index (χ4v) is 4.34. The third kappa shape index (κ3) is 2.99. The molecule has 1 saturated heterocycles. The lowest BCUT2D eigenvalue weighted by Gasteiger charge is -2.41. The highest BCUT2D eigenvalue weighted by molar-refractivity contribution is 7.99. The van der Waals surface area contributed by atoms with E-state index >= 15 is 0 Å². The summed E-state index contributed by atoms with van der Waals surface area (Å²) in [4.78, 5) is 17.1. The van der Waals surface area contributed by atoms with Crippen LogP contribution in [0.25, 0.3) is 17.0 Å². The molecule has 0 amide bonds. The highest BCUT2D eigenvalue weighted by Gasteiger charge is 2.38. The minimum Gasteiger partial charge on any atom is -0.486 e. The Kier molecular flexibility index (Phi) is 4.74. The summed E-state index contributed by atoms with van der Waals surface area (Å²) in [5.74, 6) is 2.93. The second kappa shape index (κ2) is 7.31. The lowest BCUT2D eigenvalue weighted by Crippen LogP contribution is -2.52. The summed E-state index contributed by atoms with van der Waals surface area (Å²) in [6.07, 6.45) is 2.10. The normalized spacial score (nSPS) is 18.7. The maximum absolute atomic E-state index is 6.23. The fourth-order valence-electron chi connectivity index (χ4n) is 4.01. The Balaban J connectivity index is 1.78. The van der Waals surface area contributed by atoms with Gasteiger partial charge in [-0.25, -0.2) is 14.5 Å². The van der Waals surface area contributed by atoms with E-state index in [9.17, 15) is 0 Å². The van der Waals surface area contributed by atoms with Gasteiger partial charge in [-0.1, -0.05) is 12.1 Å². The second-order valence-electron chi connectivity index (χ2n) is 7.98. The Labute approximate surface area is 180 Å². The number of fused-ring (bicyclic) bond motifs is 4. The number of rotatable bonds is 4. The van der Waals surface area contributed by atoms with Crippen molar-refractivity contribution in [1.29, 1.82) is 0 Å². The summed E-state index contributed by atoms with van der Waals surface area (Å²) in [6, 6.07) is 8.20. The van der Waals surface area contributed by atoms with Gasteiger partial charge >= 0.3 is 0 Å². The third-order valence-corrected chi connectivity index (χ3v) is 7.03. The zero-order chi connectivity index (χ0) is 20.9. The van der Waals surface area contributed by atoms with Crippen LogP contribution in [0.15, 0.2) is 24.3 Å². The molecular weight excluding hydrogens is 400 g/mol. The minimum atomic E-state index is -0.239. The average Bonchev–Trinajstić information content (AvgIpc) is 3.17. The second-order valence-corrected chi connectivity index (χ2v) is 9.41. The molecule has 2 aliphatic rings. The molecule has 3 aromatic rings. The Morgan fingerprint density at radius 3 is 2.80 bits per heavy atom. The van der Waals surface area contributed by atoms with Gasteiger partial charge in [-0.05, 0) is 32.2 Å². The van der Waals surface area contributed by atoms with Gasteiger partial charge in [-0.15, -0.1) is 0 Å². The van der Waals surface area contributed by atoms with Gasteiger partial charge in [-0.2, -0.15) is 16.7 Å². The van der Waals surface area contributed by atoms with Crippen molar-refractivity contribution >= 4 is 34.6 Å². The van der Waals surface area contributed by atoms with E-state index in [-0.39, 0.29) is 10.8 Å². The molecule has 2 aromatic heterocycles. The average molecular weight is 427 g/mol. The lowest BCUT2D eigenvalue weighted by atomic mass is 10.1. The molecule has 1 aromatic carbocycles. The van der Waals surface area contributed by atoms with Crippen LogP contribution in [0.3, 0.4) is 0 Å². The topological polar surface area (TPSA) is 77.3 Å². The number of morpholine rings is 1. The van der Waals surface area contributed by atoms with Gasteiger partial charge in [0.05, 0.1) is 35.0 Å². The Bertz CT molecular complexity index is 1100. The number of hydrogen-bond donors (Lipinski definition) is 1. The van der Waals surface area contributed by atoms with Crippen LogP contribution in [0.5, 0.6) is 5.75 Å². The van der Waals surface area contributed by atoms with Gasteiger partial charge in [0.1, 0.15) is 12.3 Å². The van der Waals surface area contributed by atoms with Crippen LogP contribution in [0.4, 0.5) is 11.8 Å². The molecule has 9 heteroatoms. The van der Waals surface area contributed by atoms with Gasteiger partial charge in [0.2, 0.25) is 11.9 Å². The fraction of sp³-hybridized carbons (Fsp3) is 0.476. The molecule has 1 N–H and O–H groups in total. The minimum absolute atomic E-state index is 0.169. The Morgan fingerprint density at radius 2 is 2.00 bits per heavy atom. The van der Waals surface area contributed by atoms with Gasteiger partial charge < -0.3 is 19.7 Å². The smallest absolute Gasteiger partial charge is 0.239 e. The molecule has 0 aliphatic carbocycles. The van der Waals surface area contributed by atoms with E-state index in [1.165, 1.54) is 0 Å². The Morgan fingerprint density at radius 1 is 1.17 bits per heavy atom. The standard InChI is InChI=1S/C21H26N6O2S/c1-21(2,30-4)17-16-18(26-9-10-28-11-13(26)12-29-16)25-20(24-17)27-15-8-6-5-7-14(15)23-19(27)22-3/h5-8,13H,9-12H2,1-4H3,(H,22,23)/t13-/m0/s1. The van der Waals surface area contributed by atoms with Crippen LogP contribution in [-0.4, -0.2) is 65.2 Å². The van der Waals surface area contributed by atoms with E-state index in [1.54, 1.807) is 11.8 Å². The van der Waals surface area contributed by atoms with Crippen LogP contribution < -0.4 is 15.0 Å². The molecule has 0 unspecified atom stereocenters. The summed E-state index contributed by atoms with van der Waals surface area (Å²) in [7, 11) is 1.87. The molecule has 30 heavy (non-hydrogen) atoms. The van der Waals surface area contributed by atoms with Crippen LogP contribution in [0.2, 0.25) is 0 Å². The van der Waals surface area contributed by atoms with Crippen molar-refractivity contribution in [3.8, 4) is 11.7 Å². The van der Waals surface area contributed by atoms with Crippen molar-refractivity contribution in [3.05, 3.63) is 30.0 Å². The number of thioether (sulfide) groups is 1. The largest absolute Gasteiger partial charge is 0.486 e. The number of benzene rings is 1. The maximum atomic E-state index is 6.23. The SMILES string of the molecule is CNc1nc2ccccc2n1-c1nc2c(c(C(C)(C)SC)n1)OC[C@@H]1COCCN21. The van der Waals surface area contributed by atoms with Crippen molar-refractivity contribution in [2.24, 2.45) is 0 Å². The number of para-hydroxylation sites is 2. The van der Waals surface area contributed by atoms with Crippen molar-refractivity contribution < 1.29 is 9.47 Å². The molecule has 158 valence electrons. The highest BCUT2D eigenvalue weighted by Crippen LogP contribution is 2.45. The van der Waals surface area contributed by atoms with Crippen molar-refractivity contribution in [2.45, 2.75) is 24.6 Å². The van der Waals surface area contributed by atoms with Crippen LogP contribution in [0.1, 0.15) is 19.5 Å². The zero-order valence-corrected chi connectivity index (χ0v) is 18.5. The first-order valence-corrected chi connectivity index (χ1v) is 11.4. The van der Waals surface area contributed by atoms with Crippen molar-refractivity contribution in [1.82, 2.24) is 19.5 Å². The number of nitrogens with one attached hydrogen (secondary N) is 1. The number of aromatic nitrogens is 4. The summed E-state index contributed by atoms with van der Waals surface area (Å²) >= 11 is 1.75. The molecule has 0 radical (unpaired) electrons. The summed E-state index contributed by atoms with van der Waals surface area (Å²) in [6.45, 7) is 7.05. The monoisotopic (exact) mass is 426 g/mol. The van der Waals surface area contributed by atoms with E-state index in [4.69, 9.17) is 24.4 Å². The lowest BCUT2D eigenvalue weighted by molar-refractivity contribution is 0.0691. The zero-order valence-electron chi connectivity index (χ0n) is 17.7. The predicted molar refractivity (Wildman–Crippen MR) is 120 cm³/mol. The molecule has 2 aliphatic heterocycles. The molecule has 0 saturated carbocycles. The first-order valence-electron chi connectivity index (χ1n) is 10.1. The van der Waals surface area contributed by atoms with E-state index < -0.39 is 0 Å². The quantitative estimate of drug-likeness (QED) is 0.682. The molecular formula is C21H26N6O2S. The maximum Gasteiger partial charge on any atom is 0.239 e. The van der Waals surface area contributed by atoms with Gasteiger partial charge in [-0.3, -0.25) is 0 Å². The molecule has 5 rings (SSSR count). The summed E-state index contributed by atoms with van der Waals surface area (Å²) in [5.41, 5.74) is 2.76. The van der Waals surface area contributed by atoms with Crippen LogP contribution in [-0.2, 0) is 9.48 Å². The predicted octanol–water partition coefficient (Wildman–Crippen LogP) is 3.05. The highest BCUT2D eigenvalue weighted by atomic mass is 32.2. The molecule has 4 heterocycles. The van der Waals surface area contributed by atoms with Gasteiger partial charge in [0.25, 0.3) is 0 Å². The van der Waals surface area contributed by atoms with Crippen LogP contribution >= 0.6 is 11.8 Å². The van der Waals surface area contributed by atoms with Crippen LogP contribution in [0, 0.1) is 0 Å². The molecule has 0 bridgehead atoms. The number of anilines is 2. The van der Waals surface area contributed by atoms with E-state index in [0.29, 0.717) is 31.7 Å². The molecule has 8 nitrogen and oxygen atoms in total. The van der Waals surface area contributed by atoms with E-state index in [1.807, 2.05) is 35.9 Å². The van der Waals surface area contributed by atoms with Gasteiger partial charge in [0.15, 0.2) is 11.6 Å². The number of ether oxygens (including phenoxy) is 2. The number of nitrogens with zero attached hydrogens (tertiary/aromatic N) is 5.